The second-order valence-corrected chi connectivity index (χ2v) is 5.08. The third kappa shape index (κ3) is 3.43. The van der Waals surface area contributed by atoms with E-state index in [4.69, 9.17) is 4.74 Å². The lowest BCUT2D eigenvalue weighted by molar-refractivity contribution is -0.385. The minimum atomic E-state index is -0.680. The van der Waals surface area contributed by atoms with E-state index in [-0.39, 0.29) is 22.7 Å². The smallest absolute Gasteiger partial charge is 0.283 e. The van der Waals surface area contributed by atoms with Crippen LogP contribution >= 0.6 is 15.9 Å². The summed E-state index contributed by atoms with van der Waals surface area (Å²) < 4.78 is 19.5. The van der Waals surface area contributed by atoms with Crippen LogP contribution in [-0.4, -0.2) is 10.7 Å². The van der Waals surface area contributed by atoms with Gasteiger partial charge in [-0.2, -0.15) is 0 Å². The van der Waals surface area contributed by atoms with Crippen molar-refractivity contribution in [3.63, 3.8) is 0 Å². The van der Waals surface area contributed by atoms with E-state index in [1.165, 1.54) is 37.3 Å². The van der Waals surface area contributed by atoms with Gasteiger partial charge in [0.05, 0.1) is 16.6 Å². The summed E-state index contributed by atoms with van der Waals surface area (Å²) in [7, 11) is 0. The van der Waals surface area contributed by atoms with Crippen LogP contribution in [0.1, 0.15) is 17.3 Å². The zero-order chi connectivity index (χ0) is 15.6. The van der Waals surface area contributed by atoms with Gasteiger partial charge in [-0.1, -0.05) is 15.9 Å². The van der Waals surface area contributed by atoms with Crippen molar-refractivity contribution >= 4 is 27.4 Å². The van der Waals surface area contributed by atoms with Crippen LogP contribution in [0.15, 0.2) is 40.9 Å². The molecule has 0 spiro atoms. The molecule has 0 aliphatic heterocycles. The maximum atomic E-state index is 13.6. The number of hydrogen-bond acceptors (Lipinski definition) is 4. The fourth-order valence-corrected chi connectivity index (χ4v) is 2.05. The Hall–Kier alpha value is -2.28. The quantitative estimate of drug-likeness (QED) is 0.461. The number of hydrogen-bond donors (Lipinski definition) is 0. The Labute approximate surface area is 127 Å². The summed E-state index contributed by atoms with van der Waals surface area (Å²) in [5.74, 6) is -1.03. The van der Waals surface area contributed by atoms with Crippen molar-refractivity contribution in [3.8, 4) is 11.5 Å². The Morgan fingerprint density at radius 1 is 1.29 bits per heavy atom. The lowest BCUT2D eigenvalue weighted by atomic mass is 10.1. The number of carbonyl (C=O) groups is 1. The Balaban J connectivity index is 2.41. The first-order valence-electron chi connectivity index (χ1n) is 5.81. The summed E-state index contributed by atoms with van der Waals surface area (Å²) >= 11 is 3.18. The molecule has 2 rings (SSSR count). The number of Topliss-reactive ketones (excluding diaryl/α,β-unsaturated/α-hetero) is 1. The molecule has 0 amide bonds. The number of halogens is 2. The molecule has 0 saturated heterocycles. The minimum absolute atomic E-state index is 0.0259. The minimum Gasteiger partial charge on any atom is -0.454 e. The average Bonchev–Trinajstić information content (AvgIpc) is 2.42. The molecule has 0 N–H and O–H groups in total. The fraction of sp³-hybridized carbons (Fsp3) is 0.0714. The van der Waals surface area contributed by atoms with Gasteiger partial charge < -0.3 is 4.74 Å². The molecule has 2 aromatic rings. The van der Waals surface area contributed by atoms with Crippen LogP contribution in [-0.2, 0) is 0 Å². The lowest BCUT2D eigenvalue weighted by Gasteiger charge is -2.08. The number of carbonyl (C=O) groups excluding carboxylic acids is 1. The van der Waals surface area contributed by atoms with Gasteiger partial charge in [0.2, 0.25) is 0 Å². The summed E-state index contributed by atoms with van der Waals surface area (Å²) in [5.41, 5.74) is -0.405. The number of benzene rings is 2. The van der Waals surface area contributed by atoms with Crippen molar-refractivity contribution in [3.05, 3.63) is 62.4 Å². The van der Waals surface area contributed by atoms with Gasteiger partial charge in [-0.3, -0.25) is 14.9 Å². The molecule has 7 heteroatoms. The van der Waals surface area contributed by atoms with E-state index >= 15 is 0 Å². The van der Waals surface area contributed by atoms with E-state index in [0.717, 1.165) is 6.07 Å². The van der Waals surface area contributed by atoms with Gasteiger partial charge in [0, 0.05) is 4.47 Å². The zero-order valence-corrected chi connectivity index (χ0v) is 12.4. The topological polar surface area (TPSA) is 69.4 Å². The average molecular weight is 354 g/mol. The predicted octanol–water partition coefficient (Wildman–Crippen LogP) is 4.49. The highest BCUT2D eigenvalue weighted by atomic mass is 79.9. The Morgan fingerprint density at radius 3 is 2.62 bits per heavy atom. The Morgan fingerprint density at radius 2 is 2.00 bits per heavy atom. The van der Waals surface area contributed by atoms with Crippen molar-refractivity contribution in [2.24, 2.45) is 0 Å². The van der Waals surface area contributed by atoms with E-state index in [0.29, 0.717) is 4.47 Å². The second kappa shape index (κ2) is 6.01. The van der Waals surface area contributed by atoms with Gasteiger partial charge in [0.25, 0.3) is 5.69 Å². The molecule has 0 bridgehead atoms. The van der Waals surface area contributed by atoms with E-state index < -0.39 is 16.5 Å². The van der Waals surface area contributed by atoms with Crippen molar-refractivity contribution in [2.75, 3.05) is 0 Å². The first kappa shape index (κ1) is 15.1. The summed E-state index contributed by atoms with van der Waals surface area (Å²) in [5, 5.41) is 11.0. The highest BCUT2D eigenvalue weighted by Gasteiger charge is 2.19. The van der Waals surface area contributed by atoms with E-state index in [9.17, 15) is 19.3 Å². The van der Waals surface area contributed by atoms with Crippen molar-refractivity contribution in [1.82, 2.24) is 0 Å². The molecule has 0 unspecified atom stereocenters. The van der Waals surface area contributed by atoms with Crippen LogP contribution in [0.5, 0.6) is 11.5 Å². The standard InChI is InChI=1S/C14H9BrFNO4/c1-8(18)11-4-3-10(7-13(11)17(19)20)21-14-6-9(15)2-5-12(14)16/h2-7H,1H3. The summed E-state index contributed by atoms with van der Waals surface area (Å²) in [6, 6.07) is 7.87. The number of rotatable bonds is 4. The normalized spacial score (nSPS) is 10.2. The second-order valence-electron chi connectivity index (χ2n) is 4.17. The van der Waals surface area contributed by atoms with E-state index in [1.807, 2.05) is 0 Å². The Kier molecular flexibility index (Phi) is 4.32. The molecule has 0 atom stereocenters. The van der Waals surface area contributed by atoms with Crippen molar-refractivity contribution in [1.29, 1.82) is 0 Å². The zero-order valence-electron chi connectivity index (χ0n) is 10.8. The van der Waals surface area contributed by atoms with Gasteiger partial charge in [0.1, 0.15) is 5.75 Å². The molecular formula is C14H9BrFNO4. The maximum Gasteiger partial charge on any atom is 0.283 e. The van der Waals surface area contributed by atoms with Crippen LogP contribution < -0.4 is 4.74 Å². The van der Waals surface area contributed by atoms with Crippen LogP contribution in [0.25, 0.3) is 0 Å². The van der Waals surface area contributed by atoms with Crippen LogP contribution in [0.3, 0.4) is 0 Å². The number of ether oxygens (including phenoxy) is 1. The molecule has 0 radical (unpaired) electrons. The fourth-order valence-electron chi connectivity index (χ4n) is 1.71. The number of ketones is 1. The van der Waals surface area contributed by atoms with Crippen LogP contribution in [0.2, 0.25) is 0 Å². The highest BCUT2D eigenvalue weighted by molar-refractivity contribution is 9.10. The molecule has 0 aromatic heterocycles. The van der Waals surface area contributed by atoms with Gasteiger partial charge in [-0.05, 0) is 37.3 Å². The lowest BCUT2D eigenvalue weighted by Crippen LogP contribution is -2.00. The number of nitrogens with zero attached hydrogens (tertiary/aromatic N) is 1. The Bertz CT molecular complexity index is 733. The molecule has 0 aliphatic rings. The predicted molar refractivity (Wildman–Crippen MR) is 77.3 cm³/mol. The van der Waals surface area contributed by atoms with Gasteiger partial charge in [-0.15, -0.1) is 0 Å². The summed E-state index contributed by atoms with van der Waals surface area (Å²) in [4.78, 5) is 21.6. The molecule has 108 valence electrons. The van der Waals surface area contributed by atoms with Gasteiger partial charge in [-0.25, -0.2) is 4.39 Å². The van der Waals surface area contributed by atoms with E-state index in [2.05, 4.69) is 15.9 Å². The highest BCUT2D eigenvalue weighted by Crippen LogP contribution is 2.31. The molecule has 0 heterocycles. The first-order valence-corrected chi connectivity index (χ1v) is 6.60. The first-order chi connectivity index (χ1) is 9.88. The molecule has 5 nitrogen and oxygen atoms in total. The summed E-state index contributed by atoms with van der Waals surface area (Å²) in [6.07, 6.45) is 0. The van der Waals surface area contributed by atoms with Gasteiger partial charge >= 0.3 is 0 Å². The summed E-state index contributed by atoms with van der Waals surface area (Å²) in [6.45, 7) is 1.23. The van der Waals surface area contributed by atoms with E-state index in [1.54, 1.807) is 0 Å². The number of nitro groups is 1. The molecule has 0 aliphatic carbocycles. The SMILES string of the molecule is CC(=O)c1ccc(Oc2cc(Br)ccc2F)cc1[N+](=O)[O-]. The number of nitro benzene ring substituents is 1. The van der Waals surface area contributed by atoms with Crippen molar-refractivity contribution < 1.29 is 18.8 Å². The van der Waals surface area contributed by atoms with Gasteiger partial charge in [0.15, 0.2) is 17.3 Å². The molecule has 21 heavy (non-hydrogen) atoms. The van der Waals surface area contributed by atoms with Crippen LogP contribution in [0, 0.1) is 15.9 Å². The maximum absolute atomic E-state index is 13.6. The third-order valence-corrected chi connectivity index (χ3v) is 3.16. The third-order valence-electron chi connectivity index (χ3n) is 2.67. The van der Waals surface area contributed by atoms with Crippen molar-refractivity contribution in [2.45, 2.75) is 6.92 Å². The largest absolute Gasteiger partial charge is 0.454 e. The molecule has 0 saturated carbocycles. The van der Waals surface area contributed by atoms with Crippen LogP contribution in [0.4, 0.5) is 10.1 Å². The molecular weight excluding hydrogens is 345 g/mol. The molecule has 0 fully saturated rings. The molecule has 2 aromatic carbocycles. The monoisotopic (exact) mass is 353 g/mol.